The largest absolute Gasteiger partial charge is 0.392 e. The van der Waals surface area contributed by atoms with Gasteiger partial charge in [-0.1, -0.05) is 6.08 Å². The molecular formula is C13H14IN3O3. The zero-order valence-electron chi connectivity index (χ0n) is 10.7. The number of aliphatic hydroxyl groups excluding tert-OH is 3. The lowest BCUT2D eigenvalue weighted by Crippen LogP contribution is -2.30. The molecule has 0 unspecified atom stereocenters. The summed E-state index contributed by atoms with van der Waals surface area (Å²) in [5, 5.41) is 30.2. The molecule has 7 heteroatoms. The molecule has 0 bridgehead atoms. The molecular weight excluding hydrogens is 373 g/mol. The van der Waals surface area contributed by atoms with Crippen LogP contribution in [-0.4, -0.2) is 48.7 Å². The van der Waals surface area contributed by atoms with Gasteiger partial charge in [-0.2, -0.15) is 0 Å². The summed E-state index contributed by atoms with van der Waals surface area (Å²) in [6.45, 7) is 1.64. The molecule has 0 saturated carbocycles. The van der Waals surface area contributed by atoms with E-state index in [0.29, 0.717) is 11.2 Å². The van der Waals surface area contributed by atoms with Crippen molar-refractivity contribution >= 4 is 33.6 Å². The number of hydrogen-bond donors (Lipinski definition) is 3. The Hall–Kier alpha value is -1.03. The van der Waals surface area contributed by atoms with Crippen LogP contribution in [0.2, 0.25) is 0 Å². The Labute approximate surface area is 128 Å². The van der Waals surface area contributed by atoms with E-state index in [9.17, 15) is 15.3 Å². The number of nitrogens with zero attached hydrogens (tertiary/aromatic N) is 3. The predicted molar refractivity (Wildman–Crippen MR) is 81.2 cm³/mol. The smallest absolute Gasteiger partial charge is 0.145 e. The molecule has 0 amide bonds. The van der Waals surface area contributed by atoms with E-state index in [1.54, 1.807) is 6.08 Å². The van der Waals surface area contributed by atoms with Crippen molar-refractivity contribution in [1.82, 2.24) is 14.5 Å². The number of hydrogen-bond acceptors (Lipinski definition) is 5. The van der Waals surface area contributed by atoms with Crippen molar-refractivity contribution in [3.05, 3.63) is 33.4 Å². The summed E-state index contributed by atoms with van der Waals surface area (Å²) in [4.78, 5) is 8.46. The van der Waals surface area contributed by atoms with E-state index in [1.807, 2.05) is 17.7 Å². The van der Waals surface area contributed by atoms with Gasteiger partial charge in [0.15, 0.2) is 0 Å². The first kappa shape index (κ1) is 13.9. The Bertz CT molecular complexity index is 697. The minimum absolute atomic E-state index is 0.265. The Balaban J connectivity index is 2.17. The number of aryl methyl sites for hydroxylation is 1. The molecule has 2 aromatic heterocycles. The van der Waals surface area contributed by atoms with Crippen LogP contribution in [0.5, 0.6) is 0 Å². The fourth-order valence-corrected chi connectivity index (χ4v) is 3.56. The van der Waals surface area contributed by atoms with E-state index < -0.39 is 18.2 Å². The van der Waals surface area contributed by atoms with Gasteiger partial charge >= 0.3 is 0 Å². The summed E-state index contributed by atoms with van der Waals surface area (Å²) in [7, 11) is 0. The van der Waals surface area contributed by atoms with Crippen molar-refractivity contribution in [2.45, 2.75) is 25.2 Å². The van der Waals surface area contributed by atoms with Crippen LogP contribution in [0.3, 0.4) is 0 Å². The van der Waals surface area contributed by atoms with Crippen LogP contribution in [0.25, 0.3) is 11.0 Å². The second-order valence-corrected chi connectivity index (χ2v) is 6.03. The zero-order valence-corrected chi connectivity index (χ0v) is 12.9. The Kier molecular flexibility index (Phi) is 3.53. The van der Waals surface area contributed by atoms with Gasteiger partial charge in [0, 0.05) is 9.77 Å². The number of fused-ring (bicyclic) bond motifs is 1. The van der Waals surface area contributed by atoms with Gasteiger partial charge < -0.3 is 19.9 Å². The maximum atomic E-state index is 10.2. The van der Waals surface area contributed by atoms with Crippen LogP contribution in [0.4, 0.5) is 0 Å². The van der Waals surface area contributed by atoms with E-state index in [2.05, 4.69) is 32.6 Å². The molecule has 2 aromatic rings. The molecule has 6 nitrogen and oxygen atoms in total. The number of rotatable bonds is 2. The minimum Gasteiger partial charge on any atom is -0.392 e. The van der Waals surface area contributed by atoms with E-state index in [1.165, 1.54) is 6.33 Å². The summed E-state index contributed by atoms with van der Waals surface area (Å²) in [5.41, 5.74) is 2.02. The lowest BCUT2D eigenvalue weighted by atomic mass is 10.1. The molecule has 3 atom stereocenters. The maximum absolute atomic E-state index is 10.2. The normalized spacial score (nSPS) is 26.2. The summed E-state index contributed by atoms with van der Waals surface area (Å²) in [5.74, 6) is 0. The van der Waals surface area contributed by atoms with Crippen molar-refractivity contribution < 1.29 is 15.3 Å². The highest BCUT2D eigenvalue weighted by molar-refractivity contribution is 14.1. The molecule has 20 heavy (non-hydrogen) atoms. The number of aromatic nitrogens is 3. The fourth-order valence-electron chi connectivity index (χ4n) is 2.63. The number of aliphatic hydroxyl groups is 3. The summed E-state index contributed by atoms with van der Waals surface area (Å²) < 4.78 is 2.81. The zero-order chi connectivity index (χ0) is 14.4. The first-order valence-electron chi connectivity index (χ1n) is 6.19. The Morgan fingerprint density at radius 3 is 2.75 bits per heavy atom. The lowest BCUT2D eigenvalue weighted by molar-refractivity contribution is 0.0288. The second kappa shape index (κ2) is 5.06. The van der Waals surface area contributed by atoms with Crippen LogP contribution < -0.4 is 0 Å². The highest BCUT2D eigenvalue weighted by Crippen LogP contribution is 2.34. The highest BCUT2D eigenvalue weighted by Gasteiger charge is 2.36. The molecule has 106 valence electrons. The van der Waals surface area contributed by atoms with Crippen LogP contribution in [0, 0.1) is 10.5 Å². The van der Waals surface area contributed by atoms with Gasteiger partial charge in [0.05, 0.1) is 23.7 Å². The van der Waals surface area contributed by atoms with Crippen molar-refractivity contribution in [1.29, 1.82) is 0 Å². The molecule has 3 N–H and O–H groups in total. The topological polar surface area (TPSA) is 91.4 Å². The Morgan fingerprint density at radius 1 is 1.35 bits per heavy atom. The fraction of sp³-hybridized carbons (Fsp3) is 0.385. The maximum Gasteiger partial charge on any atom is 0.145 e. The molecule has 3 rings (SSSR count). The van der Waals surface area contributed by atoms with Crippen molar-refractivity contribution in [2.24, 2.45) is 0 Å². The molecule has 0 aliphatic heterocycles. The van der Waals surface area contributed by atoms with Crippen molar-refractivity contribution in [3.63, 3.8) is 0 Å². The first-order chi connectivity index (χ1) is 9.54. The summed E-state index contributed by atoms with van der Waals surface area (Å²) >= 11 is 2.20. The third-order valence-electron chi connectivity index (χ3n) is 3.69. The molecule has 0 radical (unpaired) electrons. The minimum atomic E-state index is -1.04. The molecule has 1 aliphatic rings. The van der Waals surface area contributed by atoms with Gasteiger partial charge in [-0.15, -0.1) is 0 Å². The van der Waals surface area contributed by atoms with Gasteiger partial charge in [0.2, 0.25) is 0 Å². The summed E-state index contributed by atoms with van der Waals surface area (Å²) in [6.07, 6.45) is 3.03. The van der Waals surface area contributed by atoms with E-state index in [-0.39, 0.29) is 6.61 Å². The third-order valence-corrected chi connectivity index (χ3v) is 4.51. The van der Waals surface area contributed by atoms with Gasteiger partial charge in [0.25, 0.3) is 0 Å². The van der Waals surface area contributed by atoms with Crippen LogP contribution in [-0.2, 0) is 0 Å². The SMILES string of the molecule is Cc1ncnc2c1c(I)cn2[C@@H]1C=C(CO)[C@@H](O)[C@H]1O. The highest BCUT2D eigenvalue weighted by atomic mass is 127. The molecule has 2 heterocycles. The first-order valence-corrected chi connectivity index (χ1v) is 7.27. The molecule has 0 fully saturated rings. The van der Waals surface area contributed by atoms with Crippen LogP contribution in [0.15, 0.2) is 24.2 Å². The average molecular weight is 387 g/mol. The standard InChI is InChI=1S/C13H14IN3O3/c1-6-10-8(14)3-17(13(10)16-5-15-6)9-2-7(4-18)11(19)12(9)20/h2-3,5,9,11-12,18-20H,4H2,1H3/t9-,11-,12+/m1/s1. The van der Waals surface area contributed by atoms with Crippen LogP contribution in [0.1, 0.15) is 11.7 Å². The Morgan fingerprint density at radius 2 is 2.10 bits per heavy atom. The summed E-state index contributed by atoms with van der Waals surface area (Å²) in [6, 6.07) is -0.438. The molecule has 0 saturated heterocycles. The van der Waals surface area contributed by atoms with Crippen molar-refractivity contribution in [2.75, 3.05) is 6.61 Å². The van der Waals surface area contributed by atoms with E-state index in [0.717, 1.165) is 14.7 Å². The molecule has 0 aromatic carbocycles. The third kappa shape index (κ3) is 1.96. The second-order valence-electron chi connectivity index (χ2n) is 4.87. The molecule has 0 spiro atoms. The van der Waals surface area contributed by atoms with Crippen LogP contribution >= 0.6 is 22.6 Å². The van der Waals surface area contributed by atoms with Gasteiger partial charge in [-0.05, 0) is 35.1 Å². The average Bonchev–Trinajstić information content (AvgIpc) is 2.90. The van der Waals surface area contributed by atoms with Gasteiger partial charge in [0.1, 0.15) is 24.2 Å². The monoisotopic (exact) mass is 387 g/mol. The quantitative estimate of drug-likeness (QED) is 0.517. The van der Waals surface area contributed by atoms with E-state index in [4.69, 9.17) is 0 Å². The van der Waals surface area contributed by atoms with Gasteiger partial charge in [-0.3, -0.25) is 0 Å². The number of halogens is 1. The van der Waals surface area contributed by atoms with Gasteiger partial charge in [-0.25, -0.2) is 9.97 Å². The predicted octanol–water partition coefficient (Wildman–Crippen LogP) is 0.540. The van der Waals surface area contributed by atoms with E-state index >= 15 is 0 Å². The molecule has 1 aliphatic carbocycles. The lowest BCUT2D eigenvalue weighted by Gasteiger charge is -2.19. The van der Waals surface area contributed by atoms with Crippen molar-refractivity contribution in [3.8, 4) is 0 Å².